The second-order valence-corrected chi connectivity index (χ2v) is 11.5. The summed E-state index contributed by atoms with van der Waals surface area (Å²) < 4.78 is 8.49. The van der Waals surface area contributed by atoms with Gasteiger partial charge in [0.1, 0.15) is 16.1 Å². The van der Waals surface area contributed by atoms with Gasteiger partial charge in [0.25, 0.3) is 0 Å². The highest BCUT2D eigenvalue weighted by atomic mass is 32.1. The fourth-order valence-electron chi connectivity index (χ4n) is 5.01. The molecule has 2 aliphatic rings. The molecule has 0 radical (unpaired) electrons. The van der Waals surface area contributed by atoms with Gasteiger partial charge in [-0.2, -0.15) is 0 Å². The van der Waals surface area contributed by atoms with E-state index < -0.39 is 5.60 Å². The third kappa shape index (κ3) is 5.70. The molecule has 0 aromatic carbocycles. The minimum atomic E-state index is -0.479. The minimum Gasteiger partial charge on any atom is -0.444 e. The maximum absolute atomic E-state index is 12.7. The van der Waals surface area contributed by atoms with Gasteiger partial charge in [0.2, 0.25) is 0 Å². The third-order valence-corrected chi connectivity index (χ3v) is 7.41. The molecule has 0 saturated carbocycles. The average molecular weight is 498 g/mol. The Hall–Kier alpha value is -2.45. The molecule has 2 aromatic rings. The molecule has 2 fully saturated rings. The molecule has 190 valence electrons. The van der Waals surface area contributed by atoms with E-state index in [2.05, 4.69) is 55.0 Å². The van der Waals surface area contributed by atoms with Crippen LogP contribution in [0.5, 0.6) is 0 Å². The van der Waals surface area contributed by atoms with Crippen molar-refractivity contribution in [2.24, 2.45) is 7.05 Å². The van der Waals surface area contributed by atoms with E-state index in [-0.39, 0.29) is 18.1 Å². The summed E-state index contributed by atoms with van der Waals surface area (Å²) in [6, 6.07) is 6.78. The molecule has 8 heteroatoms. The molecule has 0 aliphatic carbocycles. The summed E-state index contributed by atoms with van der Waals surface area (Å²) >= 11 is 5.50. The molecule has 4 rings (SSSR count). The summed E-state index contributed by atoms with van der Waals surface area (Å²) in [6.07, 6.45) is 1.89. The van der Waals surface area contributed by atoms with Gasteiger partial charge >= 0.3 is 6.09 Å². The van der Waals surface area contributed by atoms with Crippen molar-refractivity contribution in [1.29, 1.82) is 0 Å². The van der Waals surface area contributed by atoms with Crippen LogP contribution in [0.3, 0.4) is 0 Å². The second-order valence-electron chi connectivity index (χ2n) is 11.1. The zero-order valence-corrected chi connectivity index (χ0v) is 23.0. The highest BCUT2D eigenvalue weighted by molar-refractivity contribution is 7.71. The van der Waals surface area contributed by atoms with Gasteiger partial charge in [-0.3, -0.25) is 4.90 Å². The monoisotopic (exact) mass is 497 g/mol. The Morgan fingerprint density at radius 3 is 2.51 bits per heavy atom. The van der Waals surface area contributed by atoms with E-state index in [1.807, 2.05) is 37.3 Å². The summed E-state index contributed by atoms with van der Waals surface area (Å²) in [6.45, 7) is 17.2. The number of anilines is 1. The Morgan fingerprint density at radius 2 is 1.86 bits per heavy atom. The number of hydrogen-bond acceptors (Lipinski definition) is 6. The molecule has 0 bridgehead atoms. The summed E-state index contributed by atoms with van der Waals surface area (Å²) in [5.41, 5.74) is 4.02. The van der Waals surface area contributed by atoms with Crippen LogP contribution in [0.4, 0.5) is 10.6 Å². The fourth-order valence-corrected chi connectivity index (χ4v) is 5.12. The Balaban J connectivity index is 1.55. The van der Waals surface area contributed by atoms with E-state index in [0.29, 0.717) is 6.54 Å². The number of piperazine rings is 2. The highest BCUT2D eigenvalue weighted by Gasteiger charge is 2.35. The molecule has 7 nitrogen and oxygen atoms in total. The van der Waals surface area contributed by atoms with E-state index in [1.165, 1.54) is 0 Å². The van der Waals surface area contributed by atoms with Crippen molar-refractivity contribution < 1.29 is 9.53 Å². The number of ether oxygens (including phenoxy) is 1. The maximum Gasteiger partial charge on any atom is 0.410 e. The van der Waals surface area contributed by atoms with Crippen LogP contribution in [0.1, 0.15) is 51.8 Å². The number of amides is 1. The Bertz CT molecular complexity index is 1130. The number of aromatic nitrogens is 2. The van der Waals surface area contributed by atoms with Gasteiger partial charge in [-0.05, 0) is 57.4 Å². The van der Waals surface area contributed by atoms with E-state index in [0.717, 1.165) is 65.6 Å². The van der Waals surface area contributed by atoms with Gasteiger partial charge in [0, 0.05) is 69.7 Å². The van der Waals surface area contributed by atoms with Gasteiger partial charge in [0.15, 0.2) is 0 Å². The van der Waals surface area contributed by atoms with E-state index >= 15 is 0 Å². The molecule has 4 heterocycles. The van der Waals surface area contributed by atoms with Crippen LogP contribution >= 0.6 is 12.2 Å². The van der Waals surface area contributed by atoms with Crippen LogP contribution in [-0.2, 0) is 11.8 Å². The number of hydrogen-bond donors (Lipinski definition) is 0. The number of rotatable bonds is 3. The molecule has 0 spiro atoms. The van der Waals surface area contributed by atoms with Gasteiger partial charge < -0.3 is 19.1 Å². The zero-order chi connectivity index (χ0) is 25.5. The topological polar surface area (TPSA) is 53.8 Å². The number of fused-ring (bicyclic) bond motifs is 1. The first-order chi connectivity index (χ1) is 16.4. The molecule has 1 amide bonds. The van der Waals surface area contributed by atoms with Gasteiger partial charge in [0.05, 0.1) is 5.69 Å². The quantitative estimate of drug-likeness (QED) is 0.557. The Morgan fingerprint density at radius 1 is 1.14 bits per heavy atom. The van der Waals surface area contributed by atoms with Gasteiger partial charge in [-0.15, -0.1) is 0 Å². The van der Waals surface area contributed by atoms with Crippen molar-refractivity contribution in [3.63, 3.8) is 0 Å². The normalized spacial score (nSPS) is 19.1. The number of aryl methyl sites for hydroxylation is 2. The van der Waals surface area contributed by atoms with Crippen LogP contribution < -0.4 is 4.90 Å². The van der Waals surface area contributed by atoms with Crippen molar-refractivity contribution in [2.75, 3.05) is 44.2 Å². The number of pyridine rings is 2. The molecular formula is C27H39N5O2S. The van der Waals surface area contributed by atoms with Crippen molar-refractivity contribution in [3.05, 3.63) is 40.3 Å². The molecule has 1 unspecified atom stereocenters. The summed E-state index contributed by atoms with van der Waals surface area (Å²) in [5, 5.41) is 0. The third-order valence-electron chi connectivity index (χ3n) is 6.80. The smallest absolute Gasteiger partial charge is 0.410 e. The van der Waals surface area contributed by atoms with Crippen LogP contribution in [0.2, 0.25) is 0 Å². The molecule has 1 atom stereocenters. The molecule has 2 saturated heterocycles. The Labute approximate surface area is 214 Å². The van der Waals surface area contributed by atoms with Crippen LogP contribution in [0, 0.1) is 11.6 Å². The summed E-state index contributed by atoms with van der Waals surface area (Å²) in [7, 11) is 2.00. The number of carbonyl (C=O) groups is 1. The molecular weight excluding hydrogens is 458 g/mol. The molecule has 35 heavy (non-hydrogen) atoms. The zero-order valence-electron chi connectivity index (χ0n) is 22.2. The largest absolute Gasteiger partial charge is 0.444 e. The highest BCUT2D eigenvalue weighted by Crippen LogP contribution is 2.31. The van der Waals surface area contributed by atoms with E-state index in [4.69, 9.17) is 21.9 Å². The molecule has 2 aromatic heterocycles. The first-order valence-corrected chi connectivity index (χ1v) is 13.0. The van der Waals surface area contributed by atoms with Crippen molar-refractivity contribution in [1.82, 2.24) is 19.4 Å². The average Bonchev–Trinajstić information content (AvgIpc) is 2.80. The molecule has 0 N–H and O–H groups in total. The van der Waals surface area contributed by atoms with Gasteiger partial charge in [-0.25, -0.2) is 9.78 Å². The lowest BCUT2D eigenvalue weighted by molar-refractivity contribution is 0.00214. The number of carbonyl (C=O) groups excluding carboxylic acids is 1. The predicted molar refractivity (Wildman–Crippen MR) is 144 cm³/mol. The lowest BCUT2D eigenvalue weighted by Crippen LogP contribution is -2.63. The maximum atomic E-state index is 12.7. The summed E-state index contributed by atoms with van der Waals surface area (Å²) in [5.74, 6) is 1.30. The number of nitrogens with zero attached hydrogens (tertiary/aromatic N) is 5. The Kier molecular flexibility index (Phi) is 7.25. The van der Waals surface area contributed by atoms with E-state index in [9.17, 15) is 4.79 Å². The van der Waals surface area contributed by atoms with Crippen LogP contribution in [0.15, 0.2) is 24.4 Å². The van der Waals surface area contributed by atoms with Crippen molar-refractivity contribution >= 4 is 24.1 Å². The second kappa shape index (κ2) is 9.90. The van der Waals surface area contributed by atoms with Crippen LogP contribution in [-0.4, -0.2) is 76.4 Å². The van der Waals surface area contributed by atoms with Crippen LogP contribution in [0.25, 0.3) is 11.1 Å². The first kappa shape index (κ1) is 25.6. The van der Waals surface area contributed by atoms with E-state index in [1.54, 1.807) is 0 Å². The first-order valence-electron chi connectivity index (χ1n) is 12.6. The SMILES string of the molecule is Cc1cc(-c2ccc(N3CCN4CCN(C(=O)OC(C)(C)C)CC4C3)nc2C(C)C)cn(C)c1=S. The van der Waals surface area contributed by atoms with Crippen molar-refractivity contribution in [3.8, 4) is 11.1 Å². The minimum absolute atomic E-state index is 0.215. The summed E-state index contributed by atoms with van der Waals surface area (Å²) in [4.78, 5) is 24.5. The lowest BCUT2D eigenvalue weighted by Gasteiger charge is -2.47. The standard InChI is InChI=1S/C27H39N5O2S/c1-18(2)24-22(20-14-19(3)25(35)29(7)15-20)8-9-23(28-24)31-12-10-30-11-13-32(17-21(30)16-31)26(33)34-27(4,5)6/h8-9,14-15,18,21H,10-13,16-17H2,1-7H3. The lowest BCUT2D eigenvalue weighted by atomic mass is 9.97. The molecule has 2 aliphatic heterocycles. The van der Waals surface area contributed by atoms with Crippen molar-refractivity contribution in [2.45, 2.75) is 59.1 Å². The predicted octanol–water partition coefficient (Wildman–Crippen LogP) is 4.99. The fraction of sp³-hybridized carbons (Fsp3) is 0.593. The van der Waals surface area contributed by atoms with Gasteiger partial charge in [-0.1, -0.05) is 26.1 Å².